The first kappa shape index (κ1) is 26.7. The van der Waals surface area contributed by atoms with E-state index in [0.717, 1.165) is 23.3 Å². The van der Waals surface area contributed by atoms with Crippen molar-refractivity contribution in [3.63, 3.8) is 0 Å². The summed E-state index contributed by atoms with van der Waals surface area (Å²) in [6, 6.07) is 16.7. The van der Waals surface area contributed by atoms with E-state index in [-0.39, 0.29) is 12.1 Å². The first-order chi connectivity index (χ1) is 17.5. The van der Waals surface area contributed by atoms with Crippen LogP contribution in [-0.2, 0) is 16.1 Å². The molecule has 0 spiro atoms. The van der Waals surface area contributed by atoms with Crippen LogP contribution in [0.1, 0.15) is 63.5 Å². The van der Waals surface area contributed by atoms with Gasteiger partial charge in [0.05, 0.1) is 20.3 Å². The monoisotopic (exact) mass is 486 g/mol. The van der Waals surface area contributed by atoms with Gasteiger partial charge in [0.1, 0.15) is 11.6 Å². The Bertz CT molecular complexity index is 1180. The maximum Gasteiger partial charge on any atom is 0.271 e. The largest absolute Gasteiger partial charge is 0.493 e. The van der Waals surface area contributed by atoms with Gasteiger partial charge in [-0.05, 0) is 48.3 Å². The van der Waals surface area contributed by atoms with E-state index in [4.69, 9.17) is 9.47 Å². The van der Waals surface area contributed by atoms with Gasteiger partial charge >= 0.3 is 0 Å². The number of amides is 2. The highest BCUT2D eigenvalue weighted by molar-refractivity contribution is 6.19. The highest BCUT2D eigenvalue weighted by atomic mass is 16.5. The number of carbonyl (C=O) groups excluding carboxylic acids is 2. The Kier molecular flexibility index (Phi) is 9.88. The van der Waals surface area contributed by atoms with Gasteiger partial charge in [-0.2, -0.15) is 5.26 Å². The summed E-state index contributed by atoms with van der Waals surface area (Å²) in [4.78, 5) is 27.4. The van der Waals surface area contributed by atoms with Crippen molar-refractivity contribution >= 4 is 17.9 Å². The third kappa shape index (κ3) is 6.63. The number of hydrogen-bond acceptors (Lipinski definition) is 5. The molecule has 0 saturated carbocycles. The van der Waals surface area contributed by atoms with Crippen molar-refractivity contribution in [2.45, 2.75) is 58.9 Å². The number of carbonyl (C=O) groups is 2. The molecule has 3 rings (SSSR count). The van der Waals surface area contributed by atoms with E-state index in [1.807, 2.05) is 48.5 Å². The number of imide groups is 1. The predicted octanol–water partition coefficient (Wildman–Crippen LogP) is 6.23. The molecule has 0 fully saturated rings. The molecule has 1 heterocycles. The van der Waals surface area contributed by atoms with E-state index >= 15 is 0 Å². The molecule has 0 saturated heterocycles. The van der Waals surface area contributed by atoms with Crippen molar-refractivity contribution in [3.8, 4) is 17.6 Å². The second kappa shape index (κ2) is 13.3. The standard InChI is InChI=1S/C30H34N2O4/c1-4-5-6-7-8-12-17-36-27-16-15-24(19-28(27)35-3)18-25-22(2)26(20-31)30(34)32(29(25)33)21-23-13-10-9-11-14-23/h9-11,13-16,18-19H,4-8,12,17,21H2,1-3H3/b25-18+. The van der Waals surface area contributed by atoms with Crippen LogP contribution in [0.3, 0.4) is 0 Å². The maximum absolute atomic E-state index is 13.3. The van der Waals surface area contributed by atoms with Gasteiger partial charge in [0.15, 0.2) is 11.5 Å². The van der Waals surface area contributed by atoms with Gasteiger partial charge in [-0.1, -0.05) is 75.4 Å². The van der Waals surface area contributed by atoms with Gasteiger partial charge in [-0.15, -0.1) is 0 Å². The number of nitriles is 1. The summed E-state index contributed by atoms with van der Waals surface area (Å²) in [5, 5.41) is 9.64. The lowest BCUT2D eigenvalue weighted by molar-refractivity contribution is -0.141. The molecule has 1 aliphatic heterocycles. The number of nitrogens with zero attached hydrogens (tertiary/aromatic N) is 2. The lowest BCUT2D eigenvalue weighted by Gasteiger charge is -2.27. The van der Waals surface area contributed by atoms with Crippen LogP contribution in [0.25, 0.3) is 6.08 Å². The van der Waals surface area contributed by atoms with Gasteiger partial charge < -0.3 is 9.47 Å². The van der Waals surface area contributed by atoms with E-state index < -0.39 is 11.8 Å². The minimum absolute atomic E-state index is 0.0253. The number of unbranched alkanes of at least 4 members (excludes halogenated alkanes) is 5. The van der Waals surface area contributed by atoms with E-state index in [0.29, 0.717) is 34.8 Å². The van der Waals surface area contributed by atoms with Crippen LogP contribution in [0.5, 0.6) is 11.5 Å². The van der Waals surface area contributed by atoms with Crippen LogP contribution >= 0.6 is 0 Å². The zero-order valence-electron chi connectivity index (χ0n) is 21.4. The van der Waals surface area contributed by atoms with Crippen molar-refractivity contribution in [1.82, 2.24) is 4.90 Å². The van der Waals surface area contributed by atoms with Crippen LogP contribution in [-0.4, -0.2) is 30.4 Å². The third-order valence-electron chi connectivity index (χ3n) is 6.26. The van der Waals surface area contributed by atoms with Crippen molar-refractivity contribution in [2.75, 3.05) is 13.7 Å². The zero-order valence-corrected chi connectivity index (χ0v) is 21.4. The lowest BCUT2D eigenvalue weighted by atomic mass is 9.93. The molecule has 2 amide bonds. The van der Waals surface area contributed by atoms with Crippen LogP contribution in [0.2, 0.25) is 0 Å². The molecule has 0 aliphatic carbocycles. The van der Waals surface area contributed by atoms with Crippen molar-refractivity contribution in [2.24, 2.45) is 0 Å². The summed E-state index contributed by atoms with van der Waals surface area (Å²) in [5.41, 5.74) is 2.18. The van der Waals surface area contributed by atoms with E-state index in [1.165, 1.54) is 25.7 Å². The van der Waals surface area contributed by atoms with Crippen molar-refractivity contribution in [1.29, 1.82) is 5.26 Å². The van der Waals surface area contributed by atoms with Gasteiger partial charge in [0, 0.05) is 5.57 Å². The smallest absolute Gasteiger partial charge is 0.271 e. The highest BCUT2D eigenvalue weighted by Gasteiger charge is 2.35. The number of ether oxygens (including phenoxy) is 2. The fourth-order valence-corrected chi connectivity index (χ4v) is 4.16. The molecule has 0 atom stereocenters. The van der Waals surface area contributed by atoms with Crippen LogP contribution in [0.15, 0.2) is 65.3 Å². The third-order valence-corrected chi connectivity index (χ3v) is 6.26. The summed E-state index contributed by atoms with van der Waals surface area (Å²) < 4.78 is 11.5. The number of benzene rings is 2. The normalized spacial score (nSPS) is 14.8. The van der Waals surface area contributed by atoms with Crippen LogP contribution in [0.4, 0.5) is 0 Å². The predicted molar refractivity (Wildman–Crippen MR) is 140 cm³/mol. The first-order valence-corrected chi connectivity index (χ1v) is 12.5. The summed E-state index contributed by atoms with van der Waals surface area (Å²) in [5.74, 6) is 0.215. The van der Waals surface area contributed by atoms with E-state index in [2.05, 4.69) is 6.92 Å². The Hall–Kier alpha value is -3.85. The average Bonchev–Trinajstić information content (AvgIpc) is 2.90. The summed E-state index contributed by atoms with van der Waals surface area (Å²) in [7, 11) is 1.58. The molecule has 0 unspecified atom stereocenters. The fraction of sp³-hybridized carbons (Fsp3) is 0.367. The molecule has 188 valence electrons. The second-order valence-corrected chi connectivity index (χ2v) is 8.88. The average molecular weight is 487 g/mol. The Labute approximate surface area is 213 Å². The topological polar surface area (TPSA) is 79.6 Å². The molecule has 0 radical (unpaired) electrons. The van der Waals surface area contributed by atoms with E-state index in [1.54, 1.807) is 26.2 Å². The van der Waals surface area contributed by atoms with Gasteiger partial charge in [-0.3, -0.25) is 14.5 Å². The molecule has 0 aromatic heterocycles. The molecule has 36 heavy (non-hydrogen) atoms. The minimum atomic E-state index is -0.572. The fourth-order valence-electron chi connectivity index (χ4n) is 4.16. The number of rotatable bonds is 12. The number of hydrogen-bond donors (Lipinski definition) is 0. The van der Waals surface area contributed by atoms with Gasteiger partial charge in [0.25, 0.3) is 11.8 Å². The Morgan fingerprint density at radius 2 is 1.67 bits per heavy atom. The molecular weight excluding hydrogens is 452 g/mol. The zero-order chi connectivity index (χ0) is 25.9. The molecule has 1 aliphatic rings. The highest BCUT2D eigenvalue weighted by Crippen LogP contribution is 2.32. The summed E-state index contributed by atoms with van der Waals surface area (Å²) in [6.45, 7) is 4.56. The summed E-state index contributed by atoms with van der Waals surface area (Å²) in [6.07, 6.45) is 8.81. The lowest BCUT2D eigenvalue weighted by Crippen LogP contribution is -2.42. The molecule has 6 heteroatoms. The molecule has 0 bridgehead atoms. The molecule has 6 nitrogen and oxygen atoms in total. The Balaban J connectivity index is 1.79. The quantitative estimate of drug-likeness (QED) is 0.202. The van der Waals surface area contributed by atoms with Crippen LogP contribution < -0.4 is 9.47 Å². The SMILES string of the molecule is CCCCCCCCOc1ccc(/C=C2/C(=O)N(Cc3ccccc3)C(=O)C(C#N)=C2C)cc1OC. The molecule has 2 aromatic rings. The summed E-state index contributed by atoms with van der Waals surface area (Å²) >= 11 is 0. The Morgan fingerprint density at radius 3 is 2.36 bits per heavy atom. The van der Waals surface area contributed by atoms with Crippen LogP contribution in [0, 0.1) is 11.3 Å². The van der Waals surface area contributed by atoms with Gasteiger partial charge in [0.2, 0.25) is 0 Å². The first-order valence-electron chi connectivity index (χ1n) is 12.5. The van der Waals surface area contributed by atoms with E-state index in [9.17, 15) is 14.9 Å². The van der Waals surface area contributed by atoms with Gasteiger partial charge in [-0.25, -0.2) is 0 Å². The number of methoxy groups -OCH3 is 1. The molecular formula is C30H34N2O4. The second-order valence-electron chi connectivity index (χ2n) is 8.88. The molecule has 0 N–H and O–H groups in total. The minimum Gasteiger partial charge on any atom is -0.493 e. The Morgan fingerprint density at radius 1 is 0.944 bits per heavy atom. The van der Waals surface area contributed by atoms with Crippen molar-refractivity contribution in [3.05, 3.63) is 76.4 Å². The van der Waals surface area contributed by atoms with Crippen molar-refractivity contribution < 1.29 is 19.1 Å². The molecule has 2 aromatic carbocycles. The maximum atomic E-state index is 13.3.